The molecule has 3 aromatic rings. The lowest BCUT2D eigenvalue weighted by Gasteiger charge is -2.21. The van der Waals surface area contributed by atoms with Crippen molar-refractivity contribution in [2.45, 2.75) is 45.3 Å². The first-order valence-corrected chi connectivity index (χ1v) is 11.1. The summed E-state index contributed by atoms with van der Waals surface area (Å²) in [6, 6.07) is 21.3. The Kier molecular flexibility index (Phi) is 6.96. The smallest absolute Gasteiger partial charge is 0.231 e. The van der Waals surface area contributed by atoms with Gasteiger partial charge in [-0.25, -0.2) is 4.39 Å². The summed E-state index contributed by atoms with van der Waals surface area (Å²) < 4.78 is 30.2. The van der Waals surface area contributed by atoms with Crippen molar-refractivity contribution in [3.63, 3.8) is 0 Å². The molecule has 1 N–H and O–H groups in total. The van der Waals surface area contributed by atoms with Gasteiger partial charge in [-0.1, -0.05) is 30.3 Å². The number of nitrogens with one attached hydrogen (secondary N) is 1. The molecule has 1 aliphatic rings. The van der Waals surface area contributed by atoms with Crippen molar-refractivity contribution in [1.82, 2.24) is 5.32 Å². The number of ether oxygens (including phenoxy) is 3. The van der Waals surface area contributed by atoms with Gasteiger partial charge < -0.3 is 19.5 Å². The normalized spacial score (nSPS) is 14.4. The molecule has 0 saturated heterocycles. The number of hydrogen-bond donors (Lipinski definition) is 1. The molecule has 0 unspecified atom stereocenters. The monoisotopic (exact) mass is 435 g/mol. The quantitative estimate of drug-likeness (QED) is 0.433. The highest BCUT2D eigenvalue weighted by atomic mass is 19.1. The standard InChI is InChI=1S/C27H30FNO3/c1-18(2)32-24-11-6-21(7-12-24)25(20-4-9-23(28)10-5-20)14-15-29-19(3)22-8-13-26-27(16-22)31-17-30-26/h4-13,16,18-19,25,29H,14-15,17H2,1-3H3/t19-,25+/m0/s1. The Morgan fingerprint density at radius 3 is 2.16 bits per heavy atom. The maximum atomic E-state index is 13.5. The summed E-state index contributed by atoms with van der Waals surface area (Å²) in [7, 11) is 0. The average Bonchev–Trinajstić information content (AvgIpc) is 3.26. The SMILES string of the molecule is CC(C)Oc1ccc([C@H](CCN[C@@H](C)c2ccc3c(c2)OCO3)c2ccc(F)cc2)cc1. The molecule has 0 spiro atoms. The second kappa shape index (κ2) is 10.0. The molecule has 0 fully saturated rings. The van der Waals surface area contributed by atoms with Gasteiger partial charge >= 0.3 is 0 Å². The van der Waals surface area contributed by atoms with E-state index in [0.29, 0.717) is 0 Å². The topological polar surface area (TPSA) is 39.7 Å². The lowest BCUT2D eigenvalue weighted by Crippen LogP contribution is -2.22. The fourth-order valence-corrected chi connectivity index (χ4v) is 4.02. The maximum Gasteiger partial charge on any atom is 0.231 e. The molecule has 32 heavy (non-hydrogen) atoms. The van der Waals surface area contributed by atoms with Crippen molar-refractivity contribution >= 4 is 0 Å². The summed E-state index contributed by atoms with van der Waals surface area (Å²) in [6.45, 7) is 7.26. The van der Waals surface area contributed by atoms with Gasteiger partial charge in [0.1, 0.15) is 11.6 Å². The first-order valence-electron chi connectivity index (χ1n) is 11.1. The molecule has 5 heteroatoms. The van der Waals surface area contributed by atoms with Crippen LogP contribution in [0.2, 0.25) is 0 Å². The second-order valence-corrected chi connectivity index (χ2v) is 8.42. The third kappa shape index (κ3) is 5.40. The van der Waals surface area contributed by atoms with E-state index in [4.69, 9.17) is 14.2 Å². The molecule has 0 radical (unpaired) electrons. The lowest BCUT2D eigenvalue weighted by molar-refractivity contribution is 0.174. The van der Waals surface area contributed by atoms with Crippen molar-refractivity contribution in [2.75, 3.05) is 13.3 Å². The van der Waals surface area contributed by atoms with Crippen molar-refractivity contribution < 1.29 is 18.6 Å². The Morgan fingerprint density at radius 2 is 1.47 bits per heavy atom. The summed E-state index contributed by atoms with van der Waals surface area (Å²) >= 11 is 0. The largest absolute Gasteiger partial charge is 0.491 e. The van der Waals surface area contributed by atoms with Crippen LogP contribution in [-0.4, -0.2) is 19.4 Å². The molecule has 0 saturated carbocycles. The minimum atomic E-state index is -0.220. The average molecular weight is 436 g/mol. The highest BCUT2D eigenvalue weighted by Crippen LogP contribution is 2.34. The van der Waals surface area contributed by atoms with E-state index < -0.39 is 0 Å². The number of hydrogen-bond acceptors (Lipinski definition) is 4. The Balaban J connectivity index is 1.45. The van der Waals surface area contributed by atoms with Crippen LogP contribution in [-0.2, 0) is 0 Å². The molecule has 2 atom stereocenters. The van der Waals surface area contributed by atoms with Crippen LogP contribution in [0.4, 0.5) is 4.39 Å². The zero-order chi connectivity index (χ0) is 22.5. The Bertz CT molecular complexity index is 1020. The third-order valence-corrected chi connectivity index (χ3v) is 5.71. The molecule has 4 rings (SSSR count). The van der Waals surface area contributed by atoms with Crippen molar-refractivity contribution in [1.29, 1.82) is 0 Å². The highest BCUT2D eigenvalue weighted by Gasteiger charge is 2.18. The predicted octanol–water partition coefficient (Wildman–Crippen LogP) is 6.21. The van der Waals surface area contributed by atoms with Gasteiger partial charge in [0, 0.05) is 12.0 Å². The Hall–Kier alpha value is -3.05. The van der Waals surface area contributed by atoms with Gasteiger partial charge in [-0.3, -0.25) is 0 Å². The van der Waals surface area contributed by atoms with Crippen LogP contribution < -0.4 is 19.5 Å². The molecule has 168 valence electrons. The van der Waals surface area contributed by atoms with Gasteiger partial charge in [-0.05, 0) is 86.8 Å². The van der Waals surface area contributed by atoms with Gasteiger partial charge in [0.05, 0.1) is 6.10 Å². The molecule has 4 nitrogen and oxygen atoms in total. The molecule has 1 aliphatic heterocycles. The molecule has 1 heterocycles. The molecular formula is C27H30FNO3. The van der Waals surface area contributed by atoms with E-state index in [0.717, 1.165) is 41.3 Å². The van der Waals surface area contributed by atoms with E-state index in [-0.39, 0.29) is 30.7 Å². The van der Waals surface area contributed by atoms with E-state index >= 15 is 0 Å². The van der Waals surface area contributed by atoms with Gasteiger partial charge in [0.2, 0.25) is 6.79 Å². The second-order valence-electron chi connectivity index (χ2n) is 8.42. The first kappa shape index (κ1) is 22.2. The molecule has 0 amide bonds. The van der Waals surface area contributed by atoms with Crippen LogP contribution in [0.5, 0.6) is 17.2 Å². The molecule has 3 aromatic carbocycles. The highest BCUT2D eigenvalue weighted by molar-refractivity contribution is 5.45. The predicted molar refractivity (Wildman–Crippen MR) is 124 cm³/mol. The summed E-state index contributed by atoms with van der Waals surface area (Å²) in [6.07, 6.45) is 1.01. The summed E-state index contributed by atoms with van der Waals surface area (Å²) in [5, 5.41) is 3.61. The van der Waals surface area contributed by atoms with Gasteiger partial charge in [-0.2, -0.15) is 0 Å². The van der Waals surface area contributed by atoms with E-state index in [9.17, 15) is 4.39 Å². The number of benzene rings is 3. The van der Waals surface area contributed by atoms with Crippen LogP contribution in [0.1, 0.15) is 55.8 Å². The van der Waals surface area contributed by atoms with Crippen molar-refractivity contribution in [3.05, 3.63) is 89.2 Å². The Labute approximate surface area is 189 Å². The number of fused-ring (bicyclic) bond motifs is 1. The first-order chi connectivity index (χ1) is 15.5. The van der Waals surface area contributed by atoms with Gasteiger partial charge in [-0.15, -0.1) is 0 Å². The van der Waals surface area contributed by atoms with Crippen LogP contribution in [0.15, 0.2) is 66.7 Å². The summed E-state index contributed by atoms with van der Waals surface area (Å²) in [5.41, 5.74) is 3.44. The van der Waals surface area contributed by atoms with Crippen LogP contribution >= 0.6 is 0 Å². The molecule has 0 aliphatic carbocycles. The maximum absolute atomic E-state index is 13.5. The lowest BCUT2D eigenvalue weighted by atomic mass is 9.88. The van der Waals surface area contributed by atoms with Crippen LogP contribution in [0.25, 0.3) is 0 Å². The fourth-order valence-electron chi connectivity index (χ4n) is 4.02. The van der Waals surface area contributed by atoms with Crippen LogP contribution in [0.3, 0.4) is 0 Å². The van der Waals surface area contributed by atoms with Crippen molar-refractivity contribution in [3.8, 4) is 17.2 Å². The minimum absolute atomic E-state index is 0.135. The summed E-state index contributed by atoms with van der Waals surface area (Å²) in [4.78, 5) is 0. The third-order valence-electron chi connectivity index (χ3n) is 5.71. The van der Waals surface area contributed by atoms with E-state index in [1.807, 2.05) is 50.2 Å². The number of rotatable bonds is 9. The Morgan fingerprint density at radius 1 is 0.844 bits per heavy atom. The zero-order valence-electron chi connectivity index (χ0n) is 18.8. The van der Waals surface area contributed by atoms with E-state index in [2.05, 4.69) is 30.4 Å². The van der Waals surface area contributed by atoms with E-state index in [1.54, 1.807) is 0 Å². The minimum Gasteiger partial charge on any atom is -0.491 e. The number of halogens is 1. The molecule has 0 aromatic heterocycles. The van der Waals surface area contributed by atoms with E-state index in [1.165, 1.54) is 17.7 Å². The van der Waals surface area contributed by atoms with Crippen LogP contribution in [0, 0.1) is 5.82 Å². The van der Waals surface area contributed by atoms with Gasteiger partial charge in [0.25, 0.3) is 0 Å². The molecule has 0 bridgehead atoms. The fraction of sp³-hybridized carbons (Fsp3) is 0.333. The molecular weight excluding hydrogens is 405 g/mol. The van der Waals surface area contributed by atoms with Crippen molar-refractivity contribution in [2.24, 2.45) is 0 Å². The zero-order valence-corrected chi connectivity index (χ0v) is 18.8. The van der Waals surface area contributed by atoms with Gasteiger partial charge in [0.15, 0.2) is 11.5 Å². The summed E-state index contributed by atoms with van der Waals surface area (Å²) in [5.74, 6) is 2.38.